The van der Waals surface area contributed by atoms with Gasteiger partial charge in [-0.15, -0.1) is 0 Å². The van der Waals surface area contributed by atoms with Crippen molar-refractivity contribution in [2.45, 2.75) is 139 Å². The van der Waals surface area contributed by atoms with Crippen LogP contribution < -0.4 is 0 Å². The average molecular weight is 689 g/mol. The summed E-state index contributed by atoms with van der Waals surface area (Å²) in [4.78, 5) is 11.5. The Balaban J connectivity index is 1.24. The van der Waals surface area contributed by atoms with E-state index in [2.05, 4.69) is 13.0 Å². The molecule has 2 saturated carbocycles. The van der Waals surface area contributed by atoms with E-state index in [4.69, 9.17) is 0 Å². The van der Waals surface area contributed by atoms with E-state index in [1.807, 2.05) is 6.07 Å². The molecule has 1 aromatic carbocycles. The van der Waals surface area contributed by atoms with E-state index in [0.29, 0.717) is 36.5 Å². The molecule has 0 saturated heterocycles. The second-order valence-corrected chi connectivity index (χ2v) is 14.4. The molecule has 47 heavy (non-hydrogen) atoms. The number of carboxylic acids is 1. The molecule has 2 fully saturated rings. The molecule has 4 unspecified atom stereocenters. The lowest BCUT2D eigenvalue weighted by atomic mass is 9.51. The molecule has 3 N–H and O–H groups in total. The number of halogens is 9. The summed E-state index contributed by atoms with van der Waals surface area (Å²) in [7, 11) is 0. The van der Waals surface area contributed by atoms with Crippen molar-refractivity contribution >= 4 is 5.97 Å². The topological polar surface area (TPSA) is 77.8 Å². The molecule has 0 aliphatic heterocycles. The second kappa shape index (κ2) is 14.0. The number of phenolic OH excluding ortho intramolecular Hbond substituents is 1. The number of benzene rings is 1. The van der Waals surface area contributed by atoms with Crippen LogP contribution in [0.2, 0.25) is 0 Å². The van der Waals surface area contributed by atoms with Crippen LogP contribution >= 0.6 is 0 Å². The Kier molecular flexibility index (Phi) is 11.2. The van der Waals surface area contributed by atoms with Gasteiger partial charge < -0.3 is 15.3 Å². The van der Waals surface area contributed by atoms with E-state index < -0.39 is 48.7 Å². The minimum atomic E-state index is -6.98. The van der Waals surface area contributed by atoms with Gasteiger partial charge in [-0.05, 0) is 104 Å². The number of phenols is 1. The highest BCUT2D eigenvalue weighted by Crippen LogP contribution is 2.63. The summed E-state index contributed by atoms with van der Waals surface area (Å²) >= 11 is 0. The van der Waals surface area contributed by atoms with Crippen LogP contribution in [-0.4, -0.2) is 51.3 Å². The van der Waals surface area contributed by atoms with Gasteiger partial charge in [-0.2, -0.15) is 39.5 Å². The number of aliphatic hydroxyl groups excluding tert-OH is 1. The van der Waals surface area contributed by atoms with Gasteiger partial charge in [0.1, 0.15) is 5.75 Å². The summed E-state index contributed by atoms with van der Waals surface area (Å²) in [6.45, 7) is 2.22. The van der Waals surface area contributed by atoms with Crippen LogP contribution in [0.3, 0.4) is 0 Å². The van der Waals surface area contributed by atoms with Gasteiger partial charge in [-0.1, -0.05) is 51.5 Å². The number of carbonyl (C=O) groups is 1. The number of hydrogen-bond acceptors (Lipinski definition) is 3. The molecule has 4 rings (SSSR count). The molecular formula is C34H45F9O4. The van der Waals surface area contributed by atoms with Crippen molar-refractivity contribution in [3.05, 3.63) is 29.3 Å². The number of carboxylic acid groups (broad SMARTS) is 1. The lowest BCUT2D eigenvalue weighted by molar-refractivity contribution is -0.396. The van der Waals surface area contributed by atoms with Crippen molar-refractivity contribution in [2.24, 2.45) is 29.1 Å². The van der Waals surface area contributed by atoms with Crippen LogP contribution in [0.5, 0.6) is 5.75 Å². The third kappa shape index (κ3) is 7.39. The first-order valence-corrected chi connectivity index (χ1v) is 16.7. The number of aliphatic hydroxyl groups is 1. The Bertz CT molecular complexity index is 1240. The average Bonchev–Trinajstić information content (AvgIpc) is 3.27. The number of fused-ring (bicyclic) bond motifs is 5. The van der Waals surface area contributed by atoms with Gasteiger partial charge in [0.05, 0.1) is 12.0 Å². The summed E-state index contributed by atoms with van der Waals surface area (Å²) in [6, 6.07) is 5.66. The maximum Gasteiger partial charge on any atom is 0.460 e. The van der Waals surface area contributed by atoms with Crippen LogP contribution in [0.1, 0.15) is 114 Å². The molecule has 13 heteroatoms. The predicted octanol–water partition coefficient (Wildman–Crippen LogP) is 9.91. The highest BCUT2D eigenvalue weighted by atomic mass is 19.4. The molecular weight excluding hydrogens is 643 g/mol. The Morgan fingerprint density at radius 3 is 2.17 bits per heavy atom. The van der Waals surface area contributed by atoms with E-state index >= 15 is 0 Å². The van der Waals surface area contributed by atoms with Crippen LogP contribution in [0.15, 0.2) is 18.2 Å². The minimum absolute atomic E-state index is 0.125. The van der Waals surface area contributed by atoms with Crippen LogP contribution in [0, 0.1) is 29.1 Å². The number of alkyl halides is 9. The van der Waals surface area contributed by atoms with E-state index in [1.165, 1.54) is 11.1 Å². The van der Waals surface area contributed by atoms with Crippen molar-refractivity contribution in [3.63, 3.8) is 0 Å². The maximum absolute atomic E-state index is 13.9. The summed E-state index contributed by atoms with van der Waals surface area (Å²) in [6.07, 6.45) is -1.01. The van der Waals surface area contributed by atoms with Gasteiger partial charge in [0, 0.05) is 6.42 Å². The Labute approximate surface area is 269 Å². The lowest BCUT2D eigenvalue weighted by Gasteiger charge is -2.54. The summed E-state index contributed by atoms with van der Waals surface area (Å²) < 4.78 is 118. The zero-order chi connectivity index (χ0) is 35.0. The molecule has 4 nitrogen and oxygen atoms in total. The molecule has 268 valence electrons. The number of hydrogen-bond donors (Lipinski definition) is 3. The third-order valence-electron chi connectivity index (χ3n) is 11.5. The number of unbranched alkanes of at least 4 members (excludes halogenated alkanes) is 5. The van der Waals surface area contributed by atoms with Crippen LogP contribution in [0.4, 0.5) is 39.5 Å². The number of aromatic hydroxyl groups is 1. The van der Waals surface area contributed by atoms with Gasteiger partial charge in [0.2, 0.25) is 0 Å². The SMILES string of the molecule is C[C@]12C[C@H](CCCCCCCCC(CCC(F)(F)C(F)(F)C(F)(F)C(F)(F)F)C(=O)O)C3c4ccc(O)cc4CCC3C1CC[C@@H]2O. The fourth-order valence-electron chi connectivity index (χ4n) is 8.95. The Morgan fingerprint density at radius 2 is 1.53 bits per heavy atom. The number of rotatable bonds is 15. The van der Waals surface area contributed by atoms with Crippen LogP contribution in [-0.2, 0) is 11.2 Å². The molecule has 3 aliphatic carbocycles. The van der Waals surface area contributed by atoms with Crippen molar-refractivity contribution < 1.29 is 59.6 Å². The lowest BCUT2D eigenvalue weighted by Crippen LogP contribution is -2.60. The first-order valence-electron chi connectivity index (χ1n) is 16.7. The van der Waals surface area contributed by atoms with E-state index in [1.54, 1.807) is 6.07 Å². The van der Waals surface area contributed by atoms with Gasteiger partial charge in [0.15, 0.2) is 0 Å². The molecule has 1 aromatic rings. The molecule has 0 aromatic heterocycles. The summed E-state index contributed by atoms with van der Waals surface area (Å²) in [5.41, 5.74) is 2.37. The molecule has 0 spiro atoms. The zero-order valence-corrected chi connectivity index (χ0v) is 26.5. The zero-order valence-electron chi connectivity index (χ0n) is 26.5. The standard InChI is InChI=1S/C34H45F9O4/c1-30-19-22(28-24-13-11-23(44)18-21(24)10-12-25(28)26(30)14-15-27(30)45)9-7-5-3-2-4-6-8-20(29(46)47)16-17-31(35,36)32(37,38)33(39,40)34(41,42)43/h11,13,18,20,22,25-28,44-45H,2-10,12,14-17,19H2,1H3,(H,46,47)/t20?,22-,25?,26?,27-,28?,30-/m0/s1. The fourth-order valence-corrected chi connectivity index (χ4v) is 8.95. The summed E-state index contributed by atoms with van der Waals surface area (Å²) in [5.74, 6) is -20.8. The number of aliphatic carboxylic acids is 1. The monoisotopic (exact) mass is 688 g/mol. The van der Waals surface area contributed by atoms with E-state index in [0.717, 1.165) is 57.8 Å². The molecule has 0 bridgehead atoms. The van der Waals surface area contributed by atoms with E-state index in [-0.39, 0.29) is 30.1 Å². The molecule has 0 heterocycles. The maximum atomic E-state index is 13.9. The minimum Gasteiger partial charge on any atom is -0.508 e. The van der Waals surface area contributed by atoms with Gasteiger partial charge in [-0.3, -0.25) is 4.79 Å². The Morgan fingerprint density at radius 1 is 0.894 bits per heavy atom. The van der Waals surface area contributed by atoms with Gasteiger partial charge in [0.25, 0.3) is 0 Å². The third-order valence-corrected chi connectivity index (χ3v) is 11.5. The smallest absolute Gasteiger partial charge is 0.460 e. The predicted molar refractivity (Wildman–Crippen MR) is 156 cm³/mol. The normalized spacial score (nSPS) is 28.8. The Hall–Kier alpha value is -2.18. The molecule has 7 atom stereocenters. The van der Waals surface area contributed by atoms with Crippen molar-refractivity contribution in [1.29, 1.82) is 0 Å². The van der Waals surface area contributed by atoms with E-state index in [9.17, 15) is 59.6 Å². The fraction of sp³-hybridized carbons (Fsp3) is 0.794. The second-order valence-electron chi connectivity index (χ2n) is 14.4. The van der Waals surface area contributed by atoms with Crippen molar-refractivity contribution in [3.8, 4) is 5.75 Å². The first-order chi connectivity index (χ1) is 21.7. The molecule has 0 radical (unpaired) electrons. The largest absolute Gasteiger partial charge is 0.508 e. The van der Waals surface area contributed by atoms with Gasteiger partial charge >= 0.3 is 29.9 Å². The number of aryl methyl sites for hydroxylation is 1. The quantitative estimate of drug-likeness (QED) is 0.127. The van der Waals surface area contributed by atoms with Crippen molar-refractivity contribution in [1.82, 2.24) is 0 Å². The highest BCUT2D eigenvalue weighted by Gasteiger charge is 2.81. The highest BCUT2D eigenvalue weighted by molar-refractivity contribution is 5.69. The van der Waals surface area contributed by atoms with Crippen molar-refractivity contribution in [2.75, 3.05) is 0 Å². The summed E-state index contributed by atoms with van der Waals surface area (Å²) in [5, 5.41) is 30.3. The molecule has 0 amide bonds. The van der Waals surface area contributed by atoms with Crippen LogP contribution in [0.25, 0.3) is 0 Å². The molecule has 3 aliphatic rings. The van der Waals surface area contributed by atoms with Gasteiger partial charge in [-0.25, -0.2) is 0 Å². The first kappa shape index (κ1) is 37.6.